The predicted octanol–water partition coefficient (Wildman–Crippen LogP) is 0.121. The second-order valence-electron chi connectivity index (χ2n) is 1.24. The van der Waals surface area contributed by atoms with Gasteiger partial charge in [-0.2, -0.15) is 12.6 Å². The van der Waals surface area contributed by atoms with Gasteiger partial charge in [-0.05, 0) is 0 Å². The zero-order chi connectivity index (χ0) is 6.57. The summed E-state index contributed by atoms with van der Waals surface area (Å²) in [6.07, 6.45) is 0. The van der Waals surface area contributed by atoms with Gasteiger partial charge in [0.05, 0.1) is 6.04 Å². The first-order chi connectivity index (χ1) is 3.72. The molecule has 0 spiro atoms. The molecule has 8 heavy (non-hydrogen) atoms. The summed E-state index contributed by atoms with van der Waals surface area (Å²) in [5.41, 5.74) is 0. The van der Waals surface area contributed by atoms with E-state index in [-0.39, 0.29) is 11.2 Å². The summed E-state index contributed by atoms with van der Waals surface area (Å²) >= 11 is 7.48. The fourth-order valence-corrected chi connectivity index (χ4v) is 1.39. The van der Waals surface area contributed by atoms with E-state index >= 15 is 0 Å². The number of carbonyl (C=O) groups is 1. The molecule has 0 saturated carbocycles. The standard InChI is InChI=1S/C3H8NOPS2/c5-3(8)2(1-7)4-6/h2,4,7H,1,6H2,(H,5,8)/t2-/m0/s1. The molecule has 0 aliphatic heterocycles. The summed E-state index contributed by atoms with van der Waals surface area (Å²) in [4.78, 5) is 10.3. The lowest BCUT2D eigenvalue weighted by Crippen LogP contribution is -2.28. The molecule has 2 atom stereocenters. The maximum Gasteiger partial charge on any atom is 0.203 e. The number of hydrogen-bond acceptors (Lipinski definition) is 3. The first-order valence-electron chi connectivity index (χ1n) is 2.02. The number of thiol groups is 2. The molecule has 48 valence electrons. The first kappa shape index (κ1) is 8.76. The smallest absolute Gasteiger partial charge is 0.203 e. The van der Waals surface area contributed by atoms with Gasteiger partial charge in [0.15, 0.2) is 0 Å². The van der Waals surface area contributed by atoms with E-state index < -0.39 is 0 Å². The molecule has 0 heterocycles. The van der Waals surface area contributed by atoms with Crippen LogP contribution in [0.1, 0.15) is 0 Å². The van der Waals surface area contributed by atoms with Gasteiger partial charge in [0, 0.05) is 5.75 Å². The summed E-state index contributed by atoms with van der Waals surface area (Å²) in [6, 6.07) is -0.244. The van der Waals surface area contributed by atoms with Crippen LogP contribution in [0.25, 0.3) is 0 Å². The van der Waals surface area contributed by atoms with Crippen molar-refractivity contribution < 1.29 is 4.79 Å². The van der Waals surface area contributed by atoms with Gasteiger partial charge in [0.1, 0.15) is 0 Å². The van der Waals surface area contributed by atoms with E-state index in [1.54, 1.807) is 0 Å². The summed E-state index contributed by atoms with van der Waals surface area (Å²) in [5.74, 6) is 0.478. The quantitative estimate of drug-likeness (QED) is 0.414. The van der Waals surface area contributed by atoms with Gasteiger partial charge >= 0.3 is 0 Å². The zero-order valence-corrected chi connectivity index (χ0v) is 7.11. The van der Waals surface area contributed by atoms with Crippen LogP contribution in [0, 0.1) is 0 Å². The molecule has 0 aromatic heterocycles. The van der Waals surface area contributed by atoms with Gasteiger partial charge in [-0.1, -0.05) is 9.39 Å². The summed E-state index contributed by atoms with van der Waals surface area (Å²) in [6.45, 7) is 0. The molecule has 5 heteroatoms. The average Bonchev–Trinajstić information content (AvgIpc) is 1.69. The Kier molecular flexibility index (Phi) is 5.06. The third-order valence-corrected chi connectivity index (χ3v) is 1.76. The second kappa shape index (κ2) is 4.62. The molecule has 0 aromatic rings. The van der Waals surface area contributed by atoms with E-state index in [0.29, 0.717) is 5.75 Å². The molecule has 1 unspecified atom stereocenters. The van der Waals surface area contributed by atoms with Crippen LogP contribution in [0.3, 0.4) is 0 Å². The van der Waals surface area contributed by atoms with Gasteiger partial charge in [-0.25, -0.2) is 0 Å². The van der Waals surface area contributed by atoms with E-state index in [1.165, 1.54) is 0 Å². The third kappa shape index (κ3) is 2.92. The van der Waals surface area contributed by atoms with Crippen molar-refractivity contribution >= 4 is 39.8 Å². The van der Waals surface area contributed by atoms with Crippen molar-refractivity contribution in [3.05, 3.63) is 0 Å². The van der Waals surface area contributed by atoms with Crippen molar-refractivity contribution in [3.63, 3.8) is 0 Å². The monoisotopic (exact) mass is 169 g/mol. The van der Waals surface area contributed by atoms with Gasteiger partial charge in [0.2, 0.25) is 5.12 Å². The summed E-state index contributed by atoms with van der Waals surface area (Å²) in [7, 11) is 2.24. The Balaban J connectivity index is 3.52. The Morgan fingerprint density at radius 2 is 2.38 bits per heavy atom. The molecule has 0 bridgehead atoms. The highest BCUT2D eigenvalue weighted by Crippen LogP contribution is 1.94. The highest BCUT2D eigenvalue weighted by atomic mass is 32.1. The van der Waals surface area contributed by atoms with Gasteiger partial charge in [-0.3, -0.25) is 9.88 Å². The van der Waals surface area contributed by atoms with Crippen LogP contribution < -0.4 is 5.09 Å². The minimum atomic E-state index is -0.244. The molecule has 0 radical (unpaired) electrons. The molecule has 0 aliphatic carbocycles. The average molecular weight is 169 g/mol. The molecule has 2 nitrogen and oxygen atoms in total. The van der Waals surface area contributed by atoms with Crippen LogP contribution in [0.15, 0.2) is 0 Å². The van der Waals surface area contributed by atoms with Crippen LogP contribution in [0.2, 0.25) is 0 Å². The van der Waals surface area contributed by atoms with Gasteiger partial charge < -0.3 is 0 Å². The molecule has 0 aromatic carbocycles. The van der Waals surface area contributed by atoms with Crippen LogP contribution in [0.4, 0.5) is 0 Å². The van der Waals surface area contributed by atoms with E-state index in [0.717, 1.165) is 0 Å². The molecular weight excluding hydrogens is 161 g/mol. The minimum absolute atomic E-state index is 0.185. The van der Waals surface area contributed by atoms with Gasteiger partial charge in [0.25, 0.3) is 0 Å². The third-order valence-electron chi connectivity index (χ3n) is 0.682. The van der Waals surface area contributed by atoms with Crippen LogP contribution in [-0.2, 0) is 4.79 Å². The summed E-state index contributed by atoms with van der Waals surface area (Å²) < 4.78 is 0. The second-order valence-corrected chi connectivity index (χ2v) is 2.38. The van der Waals surface area contributed by atoms with E-state index in [9.17, 15) is 4.79 Å². The fourth-order valence-electron chi connectivity index (χ4n) is 0.202. The molecule has 1 N–H and O–H groups in total. The lowest BCUT2D eigenvalue weighted by Gasteiger charge is -2.05. The van der Waals surface area contributed by atoms with Crippen LogP contribution in [0.5, 0.6) is 0 Å². The molecular formula is C3H8NOPS2. The Bertz CT molecular complexity index is 85.4. The highest BCUT2D eigenvalue weighted by molar-refractivity contribution is 7.96. The molecule has 0 fully saturated rings. The number of hydrogen-bond donors (Lipinski definition) is 3. The number of carbonyl (C=O) groups excluding carboxylic acids is 1. The van der Waals surface area contributed by atoms with Crippen molar-refractivity contribution in [1.82, 2.24) is 5.09 Å². The number of rotatable bonds is 3. The van der Waals surface area contributed by atoms with Crippen molar-refractivity contribution in [2.24, 2.45) is 0 Å². The van der Waals surface area contributed by atoms with Crippen LogP contribution in [-0.4, -0.2) is 16.9 Å². The number of nitrogens with one attached hydrogen (secondary N) is 1. The SMILES string of the molecule is O=C(S)[C@H](CS)NP. The molecule has 0 rings (SSSR count). The normalized spacial score (nSPS) is 13.4. The lowest BCUT2D eigenvalue weighted by atomic mass is 10.4. The Labute approximate surface area is 61.9 Å². The van der Waals surface area contributed by atoms with E-state index in [4.69, 9.17) is 0 Å². The maximum absolute atomic E-state index is 10.3. The molecule has 0 saturated heterocycles. The molecule has 0 aliphatic rings. The topological polar surface area (TPSA) is 29.1 Å². The Morgan fingerprint density at radius 1 is 1.88 bits per heavy atom. The minimum Gasteiger partial charge on any atom is -0.289 e. The molecule has 0 amide bonds. The van der Waals surface area contributed by atoms with E-state index in [1.807, 2.05) is 0 Å². The Hall–Kier alpha value is 0.760. The first-order valence-corrected chi connectivity index (χ1v) is 3.68. The largest absolute Gasteiger partial charge is 0.289 e. The van der Waals surface area contributed by atoms with E-state index in [2.05, 4.69) is 39.7 Å². The maximum atomic E-state index is 10.3. The predicted molar refractivity (Wildman–Crippen MR) is 44.5 cm³/mol. The summed E-state index contributed by atoms with van der Waals surface area (Å²) in [5, 5.41) is 2.48. The fraction of sp³-hybridized carbons (Fsp3) is 0.667. The van der Waals surface area contributed by atoms with Crippen LogP contribution >= 0.6 is 34.6 Å². The van der Waals surface area contributed by atoms with Crippen molar-refractivity contribution in [2.75, 3.05) is 5.75 Å². The van der Waals surface area contributed by atoms with Crippen molar-refractivity contribution in [3.8, 4) is 0 Å². The van der Waals surface area contributed by atoms with Crippen molar-refractivity contribution in [2.45, 2.75) is 6.04 Å². The highest BCUT2D eigenvalue weighted by Gasteiger charge is 2.08. The Morgan fingerprint density at radius 3 is 2.38 bits per heavy atom. The zero-order valence-electron chi connectivity index (χ0n) is 4.16. The van der Waals surface area contributed by atoms with Gasteiger partial charge in [-0.15, -0.1) is 12.6 Å². The van der Waals surface area contributed by atoms with Crippen molar-refractivity contribution in [1.29, 1.82) is 0 Å². The lowest BCUT2D eigenvalue weighted by molar-refractivity contribution is -0.111.